The number of aromatic nitrogens is 1. The molecule has 0 fully saturated rings. The van der Waals surface area contributed by atoms with Crippen molar-refractivity contribution in [2.75, 3.05) is 0 Å². The summed E-state index contributed by atoms with van der Waals surface area (Å²) >= 11 is 0. The molecule has 2 heterocycles. The first-order valence-electron chi connectivity index (χ1n) is 5.37. The van der Waals surface area contributed by atoms with Crippen molar-refractivity contribution >= 4 is 11.0 Å². The molecule has 2 heteroatoms. The predicted molar refractivity (Wildman–Crippen MR) is 65.0 cm³/mol. The van der Waals surface area contributed by atoms with Crippen LogP contribution in [0.15, 0.2) is 47.2 Å². The van der Waals surface area contributed by atoms with E-state index in [0.717, 1.165) is 11.0 Å². The van der Waals surface area contributed by atoms with Gasteiger partial charge in [-0.3, -0.25) is 0 Å². The predicted octanol–water partition coefficient (Wildman–Crippen LogP) is 3.84. The molecular weight excluding hydrogens is 198 g/mol. The maximum absolute atomic E-state index is 5.33. The molecule has 0 aliphatic rings. The maximum atomic E-state index is 5.33. The van der Waals surface area contributed by atoms with E-state index < -0.39 is 0 Å². The van der Waals surface area contributed by atoms with Crippen LogP contribution in [-0.2, 0) is 0 Å². The van der Waals surface area contributed by atoms with Crippen molar-refractivity contribution in [2.24, 2.45) is 0 Å². The summed E-state index contributed by atoms with van der Waals surface area (Å²) in [6.07, 6.45) is 3.87. The van der Waals surface area contributed by atoms with Crippen LogP contribution in [0.2, 0.25) is 0 Å². The second-order valence-corrected chi connectivity index (χ2v) is 4.17. The standard InChI is InChI=1S/C14H13NO/c1-10-7-11(2)15(9-10)13-3-4-14-12(8-13)5-6-16-14/h3-9H,1-2H3. The smallest absolute Gasteiger partial charge is 0.133 e. The van der Waals surface area contributed by atoms with Gasteiger partial charge in [-0.15, -0.1) is 0 Å². The molecule has 1 aromatic carbocycles. The second kappa shape index (κ2) is 3.27. The van der Waals surface area contributed by atoms with E-state index in [2.05, 4.69) is 42.8 Å². The van der Waals surface area contributed by atoms with Gasteiger partial charge in [-0.1, -0.05) is 0 Å². The maximum Gasteiger partial charge on any atom is 0.133 e. The fraction of sp³-hybridized carbons (Fsp3) is 0.143. The van der Waals surface area contributed by atoms with Gasteiger partial charge in [0, 0.05) is 23.0 Å². The molecule has 2 aromatic heterocycles. The molecule has 2 nitrogen and oxygen atoms in total. The zero-order valence-corrected chi connectivity index (χ0v) is 9.40. The highest BCUT2D eigenvalue weighted by Gasteiger charge is 2.03. The summed E-state index contributed by atoms with van der Waals surface area (Å²) < 4.78 is 7.53. The summed E-state index contributed by atoms with van der Waals surface area (Å²) in [5, 5.41) is 1.14. The fourth-order valence-electron chi connectivity index (χ4n) is 2.12. The summed E-state index contributed by atoms with van der Waals surface area (Å²) in [7, 11) is 0. The summed E-state index contributed by atoms with van der Waals surface area (Å²) in [6.45, 7) is 4.23. The van der Waals surface area contributed by atoms with Crippen molar-refractivity contribution < 1.29 is 4.42 Å². The second-order valence-electron chi connectivity index (χ2n) is 4.17. The molecule has 0 aliphatic heterocycles. The Hall–Kier alpha value is -1.96. The van der Waals surface area contributed by atoms with Crippen molar-refractivity contribution in [1.82, 2.24) is 4.57 Å². The van der Waals surface area contributed by atoms with Gasteiger partial charge in [0.05, 0.1) is 6.26 Å². The van der Waals surface area contributed by atoms with Crippen molar-refractivity contribution in [1.29, 1.82) is 0 Å². The Morgan fingerprint density at radius 3 is 2.69 bits per heavy atom. The first-order valence-corrected chi connectivity index (χ1v) is 5.37. The Morgan fingerprint density at radius 1 is 1.06 bits per heavy atom. The first-order chi connectivity index (χ1) is 7.74. The van der Waals surface area contributed by atoms with Gasteiger partial charge in [0.1, 0.15) is 5.58 Å². The zero-order chi connectivity index (χ0) is 11.1. The van der Waals surface area contributed by atoms with Gasteiger partial charge in [0.25, 0.3) is 0 Å². The zero-order valence-electron chi connectivity index (χ0n) is 9.40. The first kappa shape index (κ1) is 9.28. The molecule has 0 aliphatic carbocycles. The van der Waals surface area contributed by atoms with Crippen LogP contribution >= 0.6 is 0 Å². The van der Waals surface area contributed by atoms with Crippen LogP contribution in [0.5, 0.6) is 0 Å². The molecule has 80 valence electrons. The third-order valence-corrected chi connectivity index (χ3v) is 2.86. The Balaban J connectivity index is 2.21. The molecule has 0 radical (unpaired) electrons. The average molecular weight is 211 g/mol. The van der Waals surface area contributed by atoms with Gasteiger partial charge in [0.2, 0.25) is 0 Å². The lowest BCUT2D eigenvalue weighted by Gasteiger charge is -2.05. The third kappa shape index (κ3) is 1.34. The molecule has 16 heavy (non-hydrogen) atoms. The lowest BCUT2D eigenvalue weighted by Crippen LogP contribution is -1.93. The monoisotopic (exact) mass is 211 g/mol. The topological polar surface area (TPSA) is 18.1 Å². The Bertz CT molecular complexity index is 646. The molecule has 3 aromatic rings. The SMILES string of the molecule is Cc1cc(C)n(-c2ccc3occc3c2)c1. The van der Waals surface area contributed by atoms with Crippen LogP contribution in [0, 0.1) is 13.8 Å². The van der Waals surface area contributed by atoms with Crippen molar-refractivity contribution in [2.45, 2.75) is 13.8 Å². The largest absolute Gasteiger partial charge is 0.464 e. The van der Waals surface area contributed by atoms with Crippen LogP contribution < -0.4 is 0 Å². The minimum atomic E-state index is 0.935. The van der Waals surface area contributed by atoms with Crippen LogP contribution in [0.3, 0.4) is 0 Å². The third-order valence-electron chi connectivity index (χ3n) is 2.86. The molecule has 0 saturated carbocycles. The highest BCUT2D eigenvalue weighted by atomic mass is 16.3. The van der Waals surface area contributed by atoms with E-state index in [1.165, 1.54) is 16.9 Å². The highest BCUT2D eigenvalue weighted by molar-refractivity contribution is 5.79. The van der Waals surface area contributed by atoms with Gasteiger partial charge in [-0.05, 0) is 49.7 Å². The Labute approximate surface area is 94.1 Å². The molecule has 0 bridgehead atoms. The van der Waals surface area contributed by atoms with E-state index in [0.29, 0.717) is 0 Å². The Kier molecular flexibility index (Phi) is 1.90. The Morgan fingerprint density at radius 2 is 1.94 bits per heavy atom. The van der Waals surface area contributed by atoms with Crippen LogP contribution in [0.25, 0.3) is 16.7 Å². The van der Waals surface area contributed by atoms with E-state index >= 15 is 0 Å². The molecule has 0 atom stereocenters. The molecule has 0 spiro atoms. The van der Waals surface area contributed by atoms with E-state index in [9.17, 15) is 0 Å². The number of nitrogens with zero attached hydrogens (tertiary/aromatic N) is 1. The van der Waals surface area contributed by atoms with E-state index in [1.54, 1.807) is 6.26 Å². The van der Waals surface area contributed by atoms with Gasteiger partial charge in [-0.2, -0.15) is 0 Å². The van der Waals surface area contributed by atoms with Gasteiger partial charge in [0.15, 0.2) is 0 Å². The minimum absolute atomic E-state index is 0.935. The van der Waals surface area contributed by atoms with E-state index in [1.807, 2.05) is 12.1 Å². The number of fused-ring (bicyclic) bond motifs is 1. The van der Waals surface area contributed by atoms with E-state index in [-0.39, 0.29) is 0 Å². The summed E-state index contributed by atoms with van der Waals surface area (Å²) in [5.41, 5.74) is 4.65. The van der Waals surface area contributed by atoms with Gasteiger partial charge < -0.3 is 8.98 Å². The van der Waals surface area contributed by atoms with Gasteiger partial charge in [-0.25, -0.2) is 0 Å². The normalized spacial score (nSPS) is 11.1. The number of benzene rings is 1. The number of hydrogen-bond acceptors (Lipinski definition) is 1. The highest BCUT2D eigenvalue weighted by Crippen LogP contribution is 2.21. The molecule has 0 amide bonds. The average Bonchev–Trinajstić information content (AvgIpc) is 2.83. The number of rotatable bonds is 1. The number of aryl methyl sites for hydroxylation is 2. The number of hydrogen-bond donors (Lipinski definition) is 0. The van der Waals surface area contributed by atoms with Gasteiger partial charge >= 0.3 is 0 Å². The quantitative estimate of drug-likeness (QED) is 0.598. The van der Waals surface area contributed by atoms with Crippen LogP contribution in [0.1, 0.15) is 11.3 Å². The van der Waals surface area contributed by atoms with Crippen molar-refractivity contribution in [3.63, 3.8) is 0 Å². The van der Waals surface area contributed by atoms with Crippen LogP contribution in [0.4, 0.5) is 0 Å². The fourth-order valence-corrected chi connectivity index (χ4v) is 2.12. The number of furan rings is 1. The molecule has 0 unspecified atom stereocenters. The summed E-state index contributed by atoms with van der Waals surface area (Å²) in [6, 6.07) is 10.4. The van der Waals surface area contributed by atoms with Crippen molar-refractivity contribution in [3.8, 4) is 5.69 Å². The molecular formula is C14H13NO. The lowest BCUT2D eigenvalue weighted by molar-refractivity contribution is 0.616. The molecule has 0 saturated heterocycles. The summed E-state index contributed by atoms with van der Waals surface area (Å²) in [4.78, 5) is 0. The summed E-state index contributed by atoms with van der Waals surface area (Å²) in [5.74, 6) is 0. The minimum Gasteiger partial charge on any atom is -0.464 e. The van der Waals surface area contributed by atoms with E-state index in [4.69, 9.17) is 4.42 Å². The van der Waals surface area contributed by atoms with Crippen LogP contribution in [-0.4, -0.2) is 4.57 Å². The lowest BCUT2D eigenvalue weighted by atomic mass is 10.2. The van der Waals surface area contributed by atoms with Crippen molar-refractivity contribution in [3.05, 3.63) is 54.0 Å². The molecule has 0 N–H and O–H groups in total. The molecule has 3 rings (SSSR count).